The number of rotatable bonds is 5. The third kappa shape index (κ3) is 4.80. The van der Waals surface area contributed by atoms with Crippen molar-refractivity contribution in [2.75, 3.05) is 44.7 Å². The van der Waals surface area contributed by atoms with E-state index in [-0.39, 0.29) is 11.3 Å². The molecule has 1 N–H and O–H groups in total. The van der Waals surface area contributed by atoms with Gasteiger partial charge in [0.1, 0.15) is 5.82 Å². The van der Waals surface area contributed by atoms with Gasteiger partial charge in [0.25, 0.3) is 0 Å². The molecule has 5 nitrogen and oxygen atoms in total. The first-order valence-electron chi connectivity index (χ1n) is 8.02. The van der Waals surface area contributed by atoms with Crippen molar-refractivity contribution in [2.45, 2.75) is 12.6 Å². The zero-order valence-corrected chi connectivity index (χ0v) is 15.0. The van der Waals surface area contributed by atoms with Crippen LogP contribution in [0.3, 0.4) is 0 Å². The highest BCUT2D eigenvalue weighted by molar-refractivity contribution is 9.10. The zero-order valence-electron chi connectivity index (χ0n) is 13.4. The lowest BCUT2D eigenvalue weighted by Crippen LogP contribution is -2.37. The van der Waals surface area contributed by atoms with Crippen molar-refractivity contribution >= 4 is 32.7 Å². The molecule has 0 bridgehead atoms. The van der Waals surface area contributed by atoms with Gasteiger partial charge in [-0.25, -0.2) is 9.97 Å². The number of morpholine rings is 1. The number of hydrogen-bond acceptors (Lipinski definition) is 5. The van der Waals surface area contributed by atoms with E-state index in [9.17, 15) is 13.2 Å². The summed E-state index contributed by atoms with van der Waals surface area (Å²) >= 11 is 3.33. The third-order valence-corrected chi connectivity index (χ3v) is 4.45. The number of hydrogen-bond donors (Lipinski definition) is 1. The average Bonchev–Trinajstić information content (AvgIpc) is 2.58. The van der Waals surface area contributed by atoms with Crippen molar-refractivity contribution < 1.29 is 17.9 Å². The highest BCUT2D eigenvalue weighted by atomic mass is 79.9. The van der Waals surface area contributed by atoms with Gasteiger partial charge in [-0.3, -0.25) is 4.90 Å². The van der Waals surface area contributed by atoms with E-state index in [1.807, 2.05) is 0 Å². The molecule has 0 unspecified atom stereocenters. The Labute approximate surface area is 151 Å². The average molecular weight is 419 g/mol. The van der Waals surface area contributed by atoms with Crippen molar-refractivity contribution in [3.05, 3.63) is 28.5 Å². The summed E-state index contributed by atoms with van der Waals surface area (Å²) < 4.78 is 45.1. The normalized spacial score (nSPS) is 16.3. The van der Waals surface area contributed by atoms with E-state index in [0.717, 1.165) is 43.7 Å². The Morgan fingerprint density at radius 1 is 1.20 bits per heavy atom. The van der Waals surface area contributed by atoms with Crippen LogP contribution in [0.5, 0.6) is 0 Å². The van der Waals surface area contributed by atoms with Crippen LogP contribution in [-0.2, 0) is 10.9 Å². The minimum atomic E-state index is -4.58. The molecule has 0 amide bonds. The zero-order chi connectivity index (χ0) is 17.9. The van der Waals surface area contributed by atoms with E-state index in [1.165, 1.54) is 0 Å². The maximum absolute atomic E-state index is 13.0. The summed E-state index contributed by atoms with van der Waals surface area (Å²) in [6.07, 6.45) is -3.77. The lowest BCUT2D eigenvalue weighted by Gasteiger charge is -2.26. The number of nitrogens with one attached hydrogen (secondary N) is 1. The van der Waals surface area contributed by atoms with Gasteiger partial charge in [0.05, 0.1) is 18.7 Å². The molecule has 136 valence electrons. The molecule has 0 aliphatic carbocycles. The smallest absolute Gasteiger partial charge is 0.379 e. The Kier molecular flexibility index (Phi) is 5.75. The predicted octanol–water partition coefficient (Wildman–Crippen LogP) is 3.55. The topological polar surface area (TPSA) is 50.3 Å². The van der Waals surface area contributed by atoms with Crippen LogP contribution in [0.1, 0.15) is 12.2 Å². The van der Waals surface area contributed by atoms with Gasteiger partial charge in [0, 0.05) is 29.5 Å². The van der Waals surface area contributed by atoms with Crippen molar-refractivity contribution in [3.63, 3.8) is 0 Å². The molecular formula is C16H18BrF3N4O. The van der Waals surface area contributed by atoms with Crippen LogP contribution in [0.4, 0.5) is 19.0 Å². The Bertz CT molecular complexity index is 735. The van der Waals surface area contributed by atoms with E-state index in [0.29, 0.717) is 11.9 Å². The van der Waals surface area contributed by atoms with Gasteiger partial charge in [0.15, 0.2) is 0 Å². The summed E-state index contributed by atoms with van der Waals surface area (Å²) in [5.41, 5.74) is 0.265. The molecule has 1 aromatic heterocycles. The lowest BCUT2D eigenvalue weighted by atomic mass is 10.2. The van der Waals surface area contributed by atoms with Crippen molar-refractivity contribution in [1.82, 2.24) is 14.9 Å². The maximum Gasteiger partial charge on any atom is 0.451 e. The number of fused-ring (bicyclic) bond motifs is 1. The number of ether oxygens (including phenoxy) is 1. The maximum atomic E-state index is 13.0. The molecule has 3 rings (SSSR count). The standard InChI is InChI=1S/C16H18BrF3N4O/c17-11-2-3-13-12(10-11)14(23-15(22-13)16(18,19)20)21-4-1-5-24-6-8-25-9-7-24/h2-3,10H,1,4-9H2,(H,21,22,23). The molecule has 0 saturated carbocycles. The Morgan fingerprint density at radius 2 is 1.96 bits per heavy atom. The molecule has 0 radical (unpaired) electrons. The number of aromatic nitrogens is 2. The molecule has 25 heavy (non-hydrogen) atoms. The van der Waals surface area contributed by atoms with Crippen LogP contribution < -0.4 is 5.32 Å². The van der Waals surface area contributed by atoms with Crippen LogP contribution in [0.2, 0.25) is 0 Å². The molecule has 1 fully saturated rings. The summed E-state index contributed by atoms with van der Waals surface area (Å²) in [6, 6.07) is 4.94. The minimum absolute atomic E-state index is 0.209. The molecule has 2 aromatic rings. The first kappa shape index (κ1) is 18.3. The van der Waals surface area contributed by atoms with Crippen LogP contribution in [0.15, 0.2) is 22.7 Å². The monoisotopic (exact) mass is 418 g/mol. The second-order valence-corrected chi connectivity index (χ2v) is 6.71. The molecule has 1 aromatic carbocycles. The highest BCUT2D eigenvalue weighted by Crippen LogP contribution is 2.31. The van der Waals surface area contributed by atoms with E-state index in [4.69, 9.17) is 4.74 Å². The van der Waals surface area contributed by atoms with Crippen LogP contribution in [0, 0.1) is 0 Å². The number of halogens is 4. The Morgan fingerprint density at radius 3 is 2.68 bits per heavy atom. The van der Waals surface area contributed by atoms with Gasteiger partial charge in [-0.15, -0.1) is 0 Å². The van der Waals surface area contributed by atoms with Crippen LogP contribution in [0.25, 0.3) is 10.9 Å². The fourth-order valence-electron chi connectivity index (χ4n) is 2.70. The first-order chi connectivity index (χ1) is 11.9. The van der Waals surface area contributed by atoms with E-state index in [1.54, 1.807) is 18.2 Å². The summed E-state index contributed by atoms with van der Waals surface area (Å²) in [4.78, 5) is 9.61. The second-order valence-electron chi connectivity index (χ2n) is 5.79. The van der Waals surface area contributed by atoms with E-state index >= 15 is 0 Å². The van der Waals surface area contributed by atoms with Gasteiger partial charge >= 0.3 is 6.18 Å². The third-order valence-electron chi connectivity index (χ3n) is 3.96. The molecule has 0 atom stereocenters. The molecule has 9 heteroatoms. The Balaban J connectivity index is 1.73. The Hall–Kier alpha value is -1.45. The van der Waals surface area contributed by atoms with E-state index < -0.39 is 12.0 Å². The summed E-state index contributed by atoms with van der Waals surface area (Å²) in [7, 11) is 0. The number of benzene rings is 1. The molecule has 1 aliphatic rings. The van der Waals surface area contributed by atoms with Gasteiger partial charge in [-0.1, -0.05) is 15.9 Å². The van der Waals surface area contributed by atoms with Crippen LogP contribution in [-0.4, -0.2) is 54.3 Å². The van der Waals surface area contributed by atoms with E-state index in [2.05, 4.69) is 36.1 Å². The quantitative estimate of drug-likeness (QED) is 0.752. The fourth-order valence-corrected chi connectivity index (χ4v) is 3.06. The van der Waals surface area contributed by atoms with Crippen molar-refractivity contribution in [3.8, 4) is 0 Å². The number of alkyl halides is 3. The van der Waals surface area contributed by atoms with Gasteiger partial charge < -0.3 is 10.1 Å². The molecular weight excluding hydrogens is 401 g/mol. The molecule has 2 heterocycles. The van der Waals surface area contributed by atoms with Gasteiger partial charge in [0.2, 0.25) is 5.82 Å². The van der Waals surface area contributed by atoms with Crippen molar-refractivity contribution in [1.29, 1.82) is 0 Å². The number of nitrogens with zero attached hydrogens (tertiary/aromatic N) is 3. The first-order valence-corrected chi connectivity index (χ1v) is 8.81. The lowest BCUT2D eigenvalue weighted by molar-refractivity contribution is -0.144. The SMILES string of the molecule is FC(F)(F)c1nc(NCCCN2CCOCC2)c2cc(Br)ccc2n1. The predicted molar refractivity (Wildman–Crippen MR) is 92.6 cm³/mol. The second kappa shape index (κ2) is 7.84. The van der Waals surface area contributed by atoms with Crippen LogP contribution >= 0.6 is 15.9 Å². The summed E-state index contributed by atoms with van der Waals surface area (Å²) in [5, 5.41) is 3.60. The van der Waals surface area contributed by atoms with Gasteiger partial charge in [-0.2, -0.15) is 13.2 Å². The van der Waals surface area contributed by atoms with Crippen molar-refractivity contribution in [2.24, 2.45) is 0 Å². The summed E-state index contributed by atoms with van der Waals surface area (Å²) in [6.45, 7) is 4.64. The summed E-state index contributed by atoms with van der Waals surface area (Å²) in [5.74, 6) is -0.918. The van der Waals surface area contributed by atoms with Gasteiger partial charge in [-0.05, 0) is 31.2 Å². The molecule has 1 saturated heterocycles. The molecule has 1 aliphatic heterocycles. The largest absolute Gasteiger partial charge is 0.451 e. The fraction of sp³-hybridized carbons (Fsp3) is 0.500. The molecule has 0 spiro atoms. The number of anilines is 1. The highest BCUT2D eigenvalue weighted by Gasteiger charge is 2.35. The minimum Gasteiger partial charge on any atom is -0.379 e.